The van der Waals surface area contributed by atoms with Crippen LogP contribution >= 0.6 is 0 Å². The molecule has 1 aromatic heterocycles. The van der Waals surface area contributed by atoms with Crippen molar-refractivity contribution in [1.29, 1.82) is 0 Å². The lowest BCUT2D eigenvalue weighted by molar-refractivity contribution is -0.122. The van der Waals surface area contributed by atoms with Crippen LogP contribution in [-0.4, -0.2) is 28.4 Å². The van der Waals surface area contributed by atoms with Gasteiger partial charge in [-0.3, -0.25) is 9.59 Å². The molecule has 0 unspecified atom stereocenters. The van der Waals surface area contributed by atoms with Crippen LogP contribution < -0.4 is 20.3 Å². The van der Waals surface area contributed by atoms with Gasteiger partial charge in [-0.15, -0.1) is 5.10 Å². The smallest absolute Gasteiger partial charge is 0.271 e. The number of hydrogen-bond acceptors (Lipinski definition) is 5. The van der Waals surface area contributed by atoms with Crippen LogP contribution in [0.4, 0.5) is 5.69 Å². The number of amides is 1. The van der Waals surface area contributed by atoms with Crippen LogP contribution in [0.2, 0.25) is 0 Å². The molecule has 1 atom stereocenters. The molecule has 1 amide bonds. The number of aromatic nitrogens is 2. The first-order valence-electron chi connectivity index (χ1n) is 9.75. The highest BCUT2D eigenvalue weighted by Crippen LogP contribution is 2.17. The van der Waals surface area contributed by atoms with E-state index in [0.29, 0.717) is 18.0 Å². The van der Waals surface area contributed by atoms with Crippen molar-refractivity contribution in [1.82, 2.24) is 9.78 Å². The van der Waals surface area contributed by atoms with E-state index >= 15 is 0 Å². The van der Waals surface area contributed by atoms with Crippen LogP contribution in [0.15, 0.2) is 59.4 Å². The number of nitrogens with one attached hydrogen (secondary N) is 1. The summed E-state index contributed by atoms with van der Waals surface area (Å²) in [7, 11) is 0. The van der Waals surface area contributed by atoms with Gasteiger partial charge in [-0.25, -0.2) is 0 Å². The summed E-state index contributed by atoms with van der Waals surface area (Å²) in [6.07, 6.45) is -0.810. The first-order valence-corrected chi connectivity index (χ1v) is 9.75. The topological polar surface area (TPSA) is 82.5 Å². The molecule has 0 saturated carbocycles. The minimum Gasteiger partial charge on any atom is -0.494 e. The Morgan fingerprint density at radius 1 is 1.07 bits per heavy atom. The molecule has 156 valence electrons. The Bertz CT molecular complexity index is 1090. The minimum atomic E-state index is -0.810. The number of hydrogen-bond donors (Lipinski definition) is 1. The number of carbonyl (C=O) groups excluding carboxylic acids is 1. The zero-order chi connectivity index (χ0) is 21.7. The molecule has 7 nitrogen and oxygen atoms in total. The molecular formula is C23H25N3O4. The maximum atomic E-state index is 12.5. The van der Waals surface area contributed by atoms with Crippen LogP contribution in [-0.2, 0) is 4.79 Å². The lowest BCUT2D eigenvalue weighted by Crippen LogP contribution is -2.31. The number of rotatable bonds is 7. The average Bonchev–Trinajstić information content (AvgIpc) is 2.73. The van der Waals surface area contributed by atoms with Crippen molar-refractivity contribution in [3.8, 4) is 17.3 Å². The summed E-state index contributed by atoms with van der Waals surface area (Å²) in [6.45, 7) is 8.08. The summed E-state index contributed by atoms with van der Waals surface area (Å²) < 4.78 is 12.3. The third-order valence-corrected chi connectivity index (χ3v) is 4.61. The van der Waals surface area contributed by atoms with E-state index in [1.54, 1.807) is 31.2 Å². The van der Waals surface area contributed by atoms with Gasteiger partial charge < -0.3 is 14.8 Å². The lowest BCUT2D eigenvalue weighted by Gasteiger charge is -2.15. The predicted molar refractivity (Wildman–Crippen MR) is 116 cm³/mol. The molecule has 30 heavy (non-hydrogen) atoms. The van der Waals surface area contributed by atoms with E-state index in [2.05, 4.69) is 10.4 Å². The van der Waals surface area contributed by atoms with E-state index < -0.39 is 6.10 Å². The third-order valence-electron chi connectivity index (χ3n) is 4.61. The maximum absolute atomic E-state index is 12.5. The van der Waals surface area contributed by atoms with Gasteiger partial charge in [0.2, 0.25) is 5.88 Å². The van der Waals surface area contributed by atoms with Crippen molar-refractivity contribution in [3.63, 3.8) is 0 Å². The second-order valence-electron chi connectivity index (χ2n) is 6.90. The Hall–Kier alpha value is -3.61. The SMILES string of the molecule is CCOc1ccc(NC(=O)[C@@H](C)Oc2ccc(=O)n(-c3ccc(C)c(C)c3)n2)cc1. The number of anilines is 1. The standard InChI is InChI=1S/C23H25N3O4/c1-5-29-20-10-7-18(8-11-20)24-23(28)17(4)30-21-12-13-22(27)26(25-21)19-9-6-15(2)16(3)14-19/h6-14,17H,5H2,1-4H3,(H,24,28)/t17-/m1/s1. The molecule has 0 spiro atoms. The van der Waals surface area contributed by atoms with Crippen molar-refractivity contribution in [3.05, 3.63) is 76.1 Å². The van der Waals surface area contributed by atoms with Crippen LogP contribution in [0.25, 0.3) is 5.69 Å². The zero-order valence-electron chi connectivity index (χ0n) is 17.5. The van der Waals surface area contributed by atoms with Gasteiger partial charge in [0, 0.05) is 17.8 Å². The van der Waals surface area contributed by atoms with Gasteiger partial charge in [0.05, 0.1) is 12.3 Å². The van der Waals surface area contributed by atoms with E-state index in [1.165, 1.54) is 16.8 Å². The normalized spacial score (nSPS) is 11.6. The maximum Gasteiger partial charge on any atom is 0.271 e. The Kier molecular flexibility index (Phi) is 6.51. The number of benzene rings is 2. The second kappa shape index (κ2) is 9.26. The highest BCUT2D eigenvalue weighted by atomic mass is 16.5. The van der Waals surface area contributed by atoms with E-state index in [-0.39, 0.29) is 17.3 Å². The fraction of sp³-hybridized carbons (Fsp3) is 0.261. The van der Waals surface area contributed by atoms with Crippen molar-refractivity contribution >= 4 is 11.6 Å². The fourth-order valence-electron chi connectivity index (χ4n) is 2.78. The van der Waals surface area contributed by atoms with Crippen LogP contribution in [0, 0.1) is 13.8 Å². The molecule has 1 N–H and O–H groups in total. The van der Waals surface area contributed by atoms with Crippen molar-refractivity contribution < 1.29 is 14.3 Å². The molecule has 1 heterocycles. The molecule has 0 aliphatic heterocycles. The Balaban J connectivity index is 1.71. The molecule has 0 aliphatic carbocycles. The second-order valence-corrected chi connectivity index (χ2v) is 6.90. The van der Waals surface area contributed by atoms with Gasteiger partial charge in [-0.1, -0.05) is 6.07 Å². The third kappa shape index (κ3) is 5.05. The molecule has 0 saturated heterocycles. The quantitative estimate of drug-likeness (QED) is 0.646. The summed E-state index contributed by atoms with van der Waals surface area (Å²) in [5.41, 5.74) is 3.17. The number of ether oxygens (including phenoxy) is 2. The predicted octanol–water partition coefficient (Wildman–Crippen LogP) is 3.65. The van der Waals surface area contributed by atoms with Crippen LogP contribution in [0.3, 0.4) is 0 Å². The highest BCUT2D eigenvalue weighted by molar-refractivity contribution is 5.94. The zero-order valence-corrected chi connectivity index (χ0v) is 17.5. The molecule has 7 heteroatoms. The molecule has 0 fully saturated rings. The summed E-state index contributed by atoms with van der Waals surface area (Å²) in [4.78, 5) is 24.7. The van der Waals surface area contributed by atoms with E-state index in [1.807, 2.05) is 39.0 Å². The molecule has 0 aliphatic rings. The molecule has 3 rings (SSSR count). The van der Waals surface area contributed by atoms with Gasteiger partial charge in [-0.05, 0) is 75.2 Å². The first kappa shape index (κ1) is 21.1. The molecule has 0 radical (unpaired) electrons. The van der Waals surface area contributed by atoms with Gasteiger partial charge in [0.1, 0.15) is 5.75 Å². The summed E-state index contributed by atoms with van der Waals surface area (Å²) in [5.74, 6) is 0.588. The minimum absolute atomic E-state index is 0.183. The molecule has 3 aromatic rings. The number of nitrogens with zero attached hydrogens (tertiary/aromatic N) is 2. The Morgan fingerprint density at radius 2 is 1.80 bits per heavy atom. The monoisotopic (exact) mass is 407 g/mol. The summed E-state index contributed by atoms with van der Waals surface area (Å²) in [6, 6.07) is 15.5. The summed E-state index contributed by atoms with van der Waals surface area (Å²) >= 11 is 0. The Labute approximate surface area is 175 Å². The number of aryl methyl sites for hydroxylation is 2. The van der Waals surface area contributed by atoms with Gasteiger partial charge in [-0.2, -0.15) is 4.68 Å². The fourth-order valence-corrected chi connectivity index (χ4v) is 2.78. The Morgan fingerprint density at radius 3 is 2.47 bits per heavy atom. The molecule has 2 aromatic carbocycles. The van der Waals surface area contributed by atoms with E-state index in [0.717, 1.165) is 16.9 Å². The molecular weight excluding hydrogens is 382 g/mol. The van der Waals surface area contributed by atoms with Crippen LogP contribution in [0.5, 0.6) is 11.6 Å². The lowest BCUT2D eigenvalue weighted by atomic mass is 10.1. The van der Waals surface area contributed by atoms with Crippen molar-refractivity contribution in [2.45, 2.75) is 33.8 Å². The highest BCUT2D eigenvalue weighted by Gasteiger charge is 2.16. The number of carbonyl (C=O) groups is 1. The summed E-state index contributed by atoms with van der Waals surface area (Å²) in [5, 5.41) is 7.05. The molecule has 0 bridgehead atoms. The van der Waals surface area contributed by atoms with Crippen molar-refractivity contribution in [2.75, 3.05) is 11.9 Å². The van der Waals surface area contributed by atoms with E-state index in [9.17, 15) is 9.59 Å². The van der Waals surface area contributed by atoms with Gasteiger partial charge >= 0.3 is 0 Å². The van der Waals surface area contributed by atoms with Gasteiger partial charge in [0.15, 0.2) is 6.10 Å². The van der Waals surface area contributed by atoms with E-state index in [4.69, 9.17) is 9.47 Å². The first-order chi connectivity index (χ1) is 14.4. The largest absolute Gasteiger partial charge is 0.494 e. The van der Waals surface area contributed by atoms with Crippen molar-refractivity contribution in [2.24, 2.45) is 0 Å². The average molecular weight is 407 g/mol. The van der Waals surface area contributed by atoms with Gasteiger partial charge in [0.25, 0.3) is 11.5 Å². The van der Waals surface area contributed by atoms with Crippen LogP contribution in [0.1, 0.15) is 25.0 Å².